The standard InChI is InChI=1S/C12H20N4O/c1-5-12(2,3)16(4)11-9(10(14)17)6-8(13)7-15-11/h6-7H,5,13H2,1-4H3,(H2,14,17). The Kier molecular flexibility index (Phi) is 3.60. The Labute approximate surface area is 102 Å². The highest BCUT2D eigenvalue weighted by atomic mass is 16.1. The van der Waals surface area contributed by atoms with Gasteiger partial charge in [-0.2, -0.15) is 0 Å². The molecule has 0 aromatic carbocycles. The van der Waals surface area contributed by atoms with E-state index in [2.05, 4.69) is 25.8 Å². The molecule has 1 aromatic rings. The van der Waals surface area contributed by atoms with Crippen LogP contribution >= 0.6 is 0 Å². The number of carbonyl (C=O) groups excluding carboxylic acids is 1. The number of amides is 1. The lowest BCUT2D eigenvalue weighted by Gasteiger charge is -2.36. The normalized spacial score (nSPS) is 11.3. The fourth-order valence-electron chi connectivity index (χ4n) is 1.45. The Bertz CT molecular complexity index is 429. The minimum absolute atomic E-state index is 0.104. The van der Waals surface area contributed by atoms with Gasteiger partial charge in [0.15, 0.2) is 0 Å². The molecule has 94 valence electrons. The maximum absolute atomic E-state index is 11.4. The van der Waals surface area contributed by atoms with E-state index in [-0.39, 0.29) is 5.54 Å². The highest BCUT2D eigenvalue weighted by molar-refractivity contribution is 5.98. The molecule has 4 N–H and O–H groups in total. The smallest absolute Gasteiger partial charge is 0.252 e. The van der Waals surface area contributed by atoms with Crippen molar-refractivity contribution < 1.29 is 4.79 Å². The van der Waals surface area contributed by atoms with Gasteiger partial charge in [-0.05, 0) is 26.3 Å². The second-order valence-electron chi connectivity index (χ2n) is 4.73. The van der Waals surface area contributed by atoms with E-state index < -0.39 is 5.91 Å². The van der Waals surface area contributed by atoms with Crippen molar-refractivity contribution >= 4 is 17.4 Å². The molecule has 17 heavy (non-hydrogen) atoms. The number of anilines is 2. The fourth-order valence-corrected chi connectivity index (χ4v) is 1.45. The molecular formula is C12H20N4O. The van der Waals surface area contributed by atoms with E-state index in [1.807, 2.05) is 11.9 Å². The van der Waals surface area contributed by atoms with Crippen LogP contribution in [-0.2, 0) is 0 Å². The zero-order valence-electron chi connectivity index (χ0n) is 10.8. The molecule has 0 spiro atoms. The van der Waals surface area contributed by atoms with Crippen molar-refractivity contribution in [2.24, 2.45) is 5.73 Å². The number of hydrogen-bond acceptors (Lipinski definition) is 4. The predicted octanol–water partition coefficient (Wildman–Crippen LogP) is 1.39. The van der Waals surface area contributed by atoms with E-state index >= 15 is 0 Å². The first-order chi connectivity index (χ1) is 7.79. The number of nitrogen functional groups attached to an aromatic ring is 1. The van der Waals surface area contributed by atoms with Gasteiger partial charge in [0.25, 0.3) is 5.91 Å². The average molecular weight is 236 g/mol. The molecule has 5 nitrogen and oxygen atoms in total. The Morgan fingerprint density at radius 1 is 1.53 bits per heavy atom. The van der Waals surface area contributed by atoms with Crippen molar-refractivity contribution in [2.45, 2.75) is 32.7 Å². The van der Waals surface area contributed by atoms with Crippen LogP contribution in [0.15, 0.2) is 12.3 Å². The SMILES string of the molecule is CCC(C)(C)N(C)c1ncc(N)cc1C(N)=O. The topological polar surface area (TPSA) is 85.2 Å². The third-order valence-corrected chi connectivity index (χ3v) is 3.24. The Morgan fingerprint density at radius 2 is 2.12 bits per heavy atom. The average Bonchev–Trinajstić information content (AvgIpc) is 2.28. The fraction of sp³-hybridized carbons (Fsp3) is 0.500. The Hall–Kier alpha value is -1.78. The van der Waals surface area contributed by atoms with E-state index in [0.717, 1.165) is 6.42 Å². The summed E-state index contributed by atoms with van der Waals surface area (Å²) < 4.78 is 0. The van der Waals surface area contributed by atoms with Crippen LogP contribution in [0.5, 0.6) is 0 Å². The first-order valence-corrected chi connectivity index (χ1v) is 5.58. The number of pyridine rings is 1. The lowest BCUT2D eigenvalue weighted by atomic mass is 9.99. The van der Waals surface area contributed by atoms with Crippen LogP contribution in [0.3, 0.4) is 0 Å². The van der Waals surface area contributed by atoms with Gasteiger partial charge < -0.3 is 16.4 Å². The maximum Gasteiger partial charge on any atom is 0.252 e. The summed E-state index contributed by atoms with van der Waals surface area (Å²) >= 11 is 0. The lowest BCUT2D eigenvalue weighted by Crippen LogP contribution is -2.42. The molecule has 0 atom stereocenters. The summed E-state index contributed by atoms with van der Waals surface area (Å²) in [6.45, 7) is 6.24. The predicted molar refractivity (Wildman–Crippen MR) is 69.9 cm³/mol. The van der Waals surface area contributed by atoms with E-state index in [4.69, 9.17) is 11.5 Å². The summed E-state index contributed by atoms with van der Waals surface area (Å²) in [6, 6.07) is 1.56. The van der Waals surface area contributed by atoms with Gasteiger partial charge in [-0.1, -0.05) is 6.92 Å². The zero-order valence-corrected chi connectivity index (χ0v) is 10.8. The Morgan fingerprint density at radius 3 is 2.59 bits per heavy atom. The van der Waals surface area contributed by atoms with Crippen molar-refractivity contribution in [2.75, 3.05) is 17.7 Å². The van der Waals surface area contributed by atoms with Crippen molar-refractivity contribution in [1.29, 1.82) is 0 Å². The minimum Gasteiger partial charge on any atom is -0.397 e. The van der Waals surface area contributed by atoms with Gasteiger partial charge in [-0.25, -0.2) is 4.98 Å². The van der Waals surface area contributed by atoms with Crippen LogP contribution in [-0.4, -0.2) is 23.5 Å². The number of primary amides is 1. The van der Waals surface area contributed by atoms with Crippen LogP contribution < -0.4 is 16.4 Å². The third-order valence-electron chi connectivity index (χ3n) is 3.24. The summed E-state index contributed by atoms with van der Waals surface area (Å²) in [7, 11) is 1.90. The van der Waals surface area contributed by atoms with Crippen LogP contribution in [0.4, 0.5) is 11.5 Å². The molecule has 1 amide bonds. The third kappa shape index (κ3) is 2.67. The van der Waals surface area contributed by atoms with Gasteiger partial charge in [0.05, 0.1) is 17.4 Å². The van der Waals surface area contributed by atoms with Crippen molar-refractivity contribution in [3.05, 3.63) is 17.8 Å². The molecule has 0 saturated heterocycles. The van der Waals surface area contributed by atoms with E-state index in [9.17, 15) is 4.79 Å². The van der Waals surface area contributed by atoms with Crippen molar-refractivity contribution in [1.82, 2.24) is 4.98 Å². The molecule has 1 rings (SSSR count). The van der Waals surface area contributed by atoms with E-state index in [1.54, 1.807) is 6.07 Å². The van der Waals surface area contributed by atoms with Crippen LogP contribution in [0.2, 0.25) is 0 Å². The highest BCUT2D eigenvalue weighted by Crippen LogP contribution is 2.26. The van der Waals surface area contributed by atoms with Crippen LogP contribution in [0, 0.1) is 0 Å². The summed E-state index contributed by atoms with van der Waals surface area (Å²) in [6.07, 6.45) is 2.46. The van der Waals surface area contributed by atoms with Crippen LogP contribution in [0.1, 0.15) is 37.6 Å². The molecule has 1 aromatic heterocycles. The Balaban J connectivity index is 3.26. The molecule has 0 radical (unpaired) electrons. The second-order valence-corrected chi connectivity index (χ2v) is 4.73. The number of rotatable bonds is 4. The first-order valence-electron chi connectivity index (χ1n) is 5.58. The summed E-state index contributed by atoms with van der Waals surface area (Å²) in [5.41, 5.74) is 11.7. The second kappa shape index (κ2) is 4.61. The lowest BCUT2D eigenvalue weighted by molar-refractivity contribution is 0.100. The molecule has 1 heterocycles. The summed E-state index contributed by atoms with van der Waals surface area (Å²) in [4.78, 5) is 17.6. The quantitative estimate of drug-likeness (QED) is 0.827. The van der Waals surface area contributed by atoms with E-state index in [0.29, 0.717) is 17.1 Å². The summed E-state index contributed by atoms with van der Waals surface area (Å²) in [5, 5.41) is 0. The highest BCUT2D eigenvalue weighted by Gasteiger charge is 2.25. The number of nitrogens with zero attached hydrogens (tertiary/aromatic N) is 2. The van der Waals surface area contributed by atoms with E-state index in [1.165, 1.54) is 6.20 Å². The number of nitrogens with two attached hydrogens (primary N) is 2. The van der Waals surface area contributed by atoms with Crippen LogP contribution in [0.25, 0.3) is 0 Å². The molecule has 0 aliphatic heterocycles. The van der Waals surface area contributed by atoms with Gasteiger partial charge >= 0.3 is 0 Å². The maximum atomic E-state index is 11.4. The minimum atomic E-state index is -0.515. The summed E-state index contributed by atoms with van der Waals surface area (Å²) in [5.74, 6) is 0.0529. The molecule has 0 saturated carbocycles. The molecule has 5 heteroatoms. The molecule has 0 bridgehead atoms. The zero-order chi connectivity index (χ0) is 13.2. The van der Waals surface area contributed by atoms with Gasteiger partial charge in [-0.3, -0.25) is 4.79 Å². The van der Waals surface area contributed by atoms with Gasteiger partial charge in [0, 0.05) is 12.6 Å². The number of carbonyl (C=O) groups is 1. The molecule has 0 fully saturated rings. The molecule has 0 aliphatic carbocycles. The number of hydrogen-bond donors (Lipinski definition) is 2. The first kappa shape index (κ1) is 13.3. The van der Waals surface area contributed by atoms with Crippen molar-refractivity contribution in [3.8, 4) is 0 Å². The molecular weight excluding hydrogens is 216 g/mol. The van der Waals surface area contributed by atoms with Gasteiger partial charge in [0.2, 0.25) is 0 Å². The van der Waals surface area contributed by atoms with Gasteiger partial charge in [-0.15, -0.1) is 0 Å². The number of aromatic nitrogens is 1. The largest absolute Gasteiger partial charge is 0.397 e. The van der Waals surface area contributed by atoms with Gasteiger partial charge in [0.1, 0.15) is 5.82 Å². The molecule has 0 aliphatic rings. The monoisotopic (exact) mass is 236 g/mol. The van der Waals surface area contributed by atoms with Crippen molar-refractivity contribution in [3.63, 3.8) is 0 Å². The molecule has 0 unspecified atom stereocenters.